The molecule has 0 radical (unpaired) electrons. The van der Waals surface area contributed by atoms with Crippen molar-refractivity contribution in [1.82, 2.24) is 9.71 Å². The van der Waals surface area contributed by atoms with Gasteiger partial charge in [0.05, 0.1) is 11.7 Å². The molecule has 4 heteroatoms. The molecular weight excluding hydrogens is 180 g/mol. The Morgan fingerprint density at radius 1 is 1.43 bits per heavy atom. The number of hydrogen-bond acceptors (Lipinski definition) is 3. The number of rotatable bonds is 1. The molecule has 4 nitrogen and oxygen atoms in total. The summed E-state index contributed by atoms with van der Waals surface area (Å²) in [6, 6.07) is 5.66. The number of aryl methyl sites for hydroxylation is 1. The van der Waals surface area contributed by atoms with Crippen molar-refractivity contribution < 1.29 is 4.84 Å². The number of benzene rings is 1. The minimum absolute atomic E-state index is 0.255. The van der Waals surface area contributed by atoms with Crippen molar-refractivity contribution in [1.29, 1.82) is 0 Å². The smallest absolute Gasteiger partial charge is 0.302 e. The standard InChI is InChI=1S/C10H10N2O2/c1-7-4-3-5-8-10(7)12(14-2)9(13)6-11-8/h3-6H,1-2H3. The Morgan fingerprint density at radius 2 is 2.21 bits per heavy atom. The van der Waals surface area contributed by atoms with Crippen molar-refractivity contribution in [2.75, 3.05) is 7.11 Å². The minimum atomic E-state index is -0.255. The summed E-state index contributed by atoms with van der Waals surface area (Å²) in [5.41, 5.74) is 2.19. The summed E-state index contributed by atoms with van der Waals surface area (Å²) in [5, 5.41) is 0. The highest BCUT2D eigenvalue weighted by Gasteiger charge is 2.05. The highest BCUT2D eigenvalue weighted by atomic mass is 16.6. The van der Waals surface area contributed by atoms with Gasteiger partial charge in [-0.25, -0.2) is 4.98 Å². The molecule has 0 spiro atoms. The van der Waals surface area contributed by atoms with E-state index in [2.05, 4.69) is 4.98 Å². The molecule has 0 saturated heterocycles. The molecule has 0 atom stereocenters. The van der Waals surface area contributed by atoms with Gasteiger partial charge in [-0.2, -0.15) is 0 Å². The number of para-hydroxylation sites is 1. The van der Waals surface area contributed by atoms with Crippen LogP contribution in [0.3, 0.4) is 0 Å². The van der Waals surface area contributed by atoms with Crippen molar-refractivity contribution in [3.63, 3.8) is 0 Å². The first-order chi connectivity index (χ1) is 6.74. The van der Waals surface area contributed by atoms with Gasteiger partial charge >= 0.3 is 5.56 Å². The summed E-state index contributed by atoms with van der Waals surface area (Å²) in [6.45, 7) is 1.92. The highest BCUT2D eigenvalue weighted by molar-refractivity contribution is 5.77. The second kappa shape index (κ2) is 3.14. The zero-order chi connectivity index (χ0) is 10.1. The predicted octanol–water partition coefficient (Wildman–Crippen LogP) is 0.763. The SMILES string of the molecule is COn1c(=O)cnc2cccc(C)c21. The van der Waals surface area contributed by atoms with Crippen LogP contribution in [0.5, 0.6) is 0 Å². The van der Waals surface area contributed by atoms with E-state index in [-0.39, 0.29) is 5.56 Å². The average Bonchev–Trinajstić information content (AvgIpc) is 2.19. The van der Waals surface area contributed by atoms with Crippen LogP contribution >= 0.6 is 0 Å². The van der Waals surface area contributed by atoms with E-state index in [0.29, 0.717) is 0 Å². The Kier molecular flexibility index (Phi) is 1.96. The van der Waals surface area contributed by atoms with Gasteiger partial charge < -0.3 is 4.84 Å². The summed E-state index contributed by atoms with van der Waals surface area (Å²) in [7, 11) is 1.47. The van der Waals surface area contributed by atoms with E-state index in [0.717, 1.165) is 16.6 Å². The summed E-state index contributed by atoms with van der Waals surface area (Å²) in [6.07, 6.45) is 1.26. The molecule has 0 unspecified atom stereocenters. The molecule has 72 valence electrons. The lowest BCUT2D eigenvalue weighted by Gasteiger charge is -2.08. The van der Waals surface area contributed by atoms with Gasteiger partial charge in [0.2, 0.25) is 0 Å². The molecule has 0 N–H and O–H groups in total. The number of aromatic nitrogens is 2. The topological polar surface area (TPSA) is 44.1 Å². The number of nitrogens with zero attached hydrogens (tertiary/aromatic N) is 2. The van der Waals surface area contributed by atoms with Crippen molar-refractivity contribution in [2.45, 2.75) is 6.92 Å². The van der Waals surface area contributed by atoms with Gasteiger partial charge in [0.1, 0.15) is 12.6 Å². The van der Waals surface area contributed by atoms with E-state index >= 15 is 0 Å². The maximum atomic E-state index is 11.4. The Morgan fingerprint density at radius 3 is 2.93 bits per heavy atom. The van der Waals surface area contributed by atoms with E-state index in [9.17, 15) is 4.79 Å². The minimum Gasteiger partial charge on any atom is -0.413 e. The summed E-state index contributed by atoms with van der Waals surface area (Å²) in [4.78, 5) is 20.4. The third kappa shape index (κ3) is 1.16. The maximum absolute atomic E-state index is 11.4. The van der Waals surface area contributed by atoms with E-state index in [4.69, 9.17) is 4.84 Å². The fourth-order valence-electron chi connectivity index (χ4n) is 1.48. The molecule has 2 aromatic rings. The van der Waals surface area contributed by atoms with Gasteiger partial charge in [-0.3, -0.25) is 4.79 Å². The monoisotopic (exact) mass is 190 g/mol. The molecule has 2 rings (SSSR count). The van der Waals surface area contributed by atoms with Crippen LogP contribution in [0.25, 0.3) is 11.0 Å². The van der Waals surface area contributed by atoms with Gasteiger partial charge in [0.25, 0.3) is 0 Å². The van der Waals surface area contributed by atoms with Crippen molar-refractivity contribution >= 4 is 11.0 Å². The highest BCUT2D eigenvalue weighted by Crippen LogP contribution is 2.12. The van der Waals surface area contributed by atoms with Crippen LogP contribution in [0, 0.1) is 6.92 Å². The van der Waals surface area contributed by atoms with E-state index in [1.54, 1.807) is 0 Å². The second-order valence-electron chi connectivity index (χ2n) is 3.02. The number of hydrogen-bond donors (Lipinski definition) is 0. The normalized spacial score (nSPS) is 10.4. The first kappa shape index (κ1) is 8.74. The lowest BCUT2D eigenvalue weighted by molar-refractivity contribution is 0.168. The lowest BCUT2D eigenvalue weighted by Crippen LogP contribution is -2.25. The van der Waals surface area contributed by atoms with Gasteiger partial charge in [0.15, 0.2) is 0 Å². The fraction of sp³-hybridized carbons (Fsp3) is 0.200. The molecule has 14 heavy (non-hydrogen) atoms. The zero-order valence-corrected chi connectivity index (χ0v) is 8.02. The molecule has 1 heterocycles. The van der Waals surface area contributed by atoms with Gasteiger partial charge in [-0.05, 0) is 18.6 Å². The molecule has 0 saturated carbocycles. The summed E-state index contributed by atoms with van der Waals surface area (Å²) >= 11 is 0. The first-order valence-corrected chi connectivity index (χ1v) is 4.26. The quantitative estimate of drug-likeness (QED) is 0.667. The fourth-order valence-corrected chi connectivity index (χ4v) is 1.48. The molecule has 1 aromatic heterocycles. The van der Waals surface area contributed by atoms with Crippen molar-refractivity contribution in [2.24, 2.45) is 0 Å². The van der Waals surface area contributed by atoms with Gasteiger partial charge in [0, 0.05) is 0 Å². The predicted molar refractivity (Wildman–Crippen MR) is 53.2 cm³/mol. The third-order valence-corrected chi connectivity index (χ3v) is 2.12. The molecule has 1 aromatic carbocycles. The van der Waals surface area contributed by atoms with Crippen LogP contribution < -0.4 is 10.4 Å². The largest absolute Gasteiger partial charge is 0.413 e. The van der Waals surface area contributed by atoms with Crippen LogP contribution in [0.2, 0.25) is 0 Å². The Bertz CT molecular complexity index is 531. The molecule has 0 aliphatic carbocycles. The molecule has 0 fully saturated rings. The maximum Gasteiger partial charge on any atom is 0.302 e. The molecule has 0 bridgehead atoms. The average molecular weight is 190 g/mol. The van der Waals surface area contributed by atoms with Gasteiger partial charge in [-0.15, -0.1) is 4.73 Å². The van der Waals surface area contributed by atoms with Crippen LogP contribution in [0.15, 0.2) is 29.2 Å². The summed E-state index contributed by atoms with van der Waals surface area (Å²) in [5.74, 6) is 0. The first-order valence-electron chi connectivity index (χ1n) is 4.26. The van der Waals surface area contributed by atoms with Crippen molar-refractivity contribution in [3.8, 4) is 0 Å². The van der Waals surface area contributed by atoms with E-state index in [1.165, 1.54) is 18.0 Å². The number of fused-ring (bicyclic) bond motifs is 1. The molecule has 0 amide bonds. The lowest BCUT2D eigenvalue weighted by atomic mass is 10.2. The van der Waals surface area contributed by atoms with E-state index in [1.807, 2.05) is 25.1 Å². The van der Waals surface area contributed by atoms with Crippen LogP contribution in [-0.2, 0) is 0 Å². The molecule has 0 aliphatic rings. The van der Waals surface area contributed by atoms with Crippen molar-refractivity contribution in [3.05, 3.63) is 40.3 Å². The summed E-state index contributed by atoms with van der Waals surface area (Å²) < 4.78 is 1.25. The van der Waals surface area contributed by atoms with Crippen LogP contribution in [0.4, 0.5) is 0 Å². The van der Waals surface area contributed by atoms with Crippen LogP contribution in [0.1, 0.15) is 5.56 Å². The molecular formula is C10H10N2O2. The zero-order valence-electron chi connectivity index (χ0n) is 8.02. The molecule has 0 aliphatic heterocycles. The Balaban J connectivity index is 2.99. The third-order valence-electron chi connectivity index (χ3n) is 2.12. The van der Waals surface area contributed by atoms with E-state index < -0.39 is 0 Å². The van der Waals surface area contributed by atoms with Gasteiger partial charge in [-0.1, -0.05) is 12.1 Å². The second-order valence-corrected chi connectivity index (χ2v) is 3.02. The van der Waals surface area contributed by atoms with Crippen LogP contribution in [-0.4, -0.2) is 16.8 Å². The Labute approximate surface area is 80.7 Å². The Hall–Kier alpha value is -1.84.